The van der Waals surface area contributed by atoms with Crippen molar-refractivity contribution in [2.24, 2.45) is 0 Å². The van der Waals surface area contributed by atoms with Gasteiger partial charge in [0.1, 0.15) is 24.0 Å². The van der Waals surface area contributed by atoms with E-state index in [0.29, 0.717) is 0 Å². The molecule has 3 rings (SSSR count). The van der Waals surface area contributed by atoms with Gasteiger partial charge in [-0.1, -0.05) is 18.2 Å². The van der Waals surface area contributed by atoms with Crippen LogP contribution in [0.25, 0.3) is 0 Å². The second-order valence-electron chi connectivity index (χ2n) is 8.67. The lowest BCUT2D eigenvalue weighted by atomic mass is 9.98. The predicted octanol–water partition coefficient (Wildman–Crippen LogP) is 1.66. The van der Waals surface area contributed by atoms with Gasteiger partial charge in [-0.05, 0) is 39.8 Å². The largest absolute Gasteiger partial charge is 0.462 e. The second kappa shape index (κ2) is 11.1. The molecule has 36 heavy (non-hydrogen) atoms. The first-order chi connectivity index (χ1) is 16.8. The molecule has 0 aliphatic carbocycles. The Hall–Kier alpha value is -2.83. The van der Waals surface area contributed by atoms with E-state index in [-0.39, 0.29) is 5.75 Å². The summed E-state index contributed by atoms with van der Waals surface area (Å²) in [5, 5.41) is 13.0. The van der Waals surface area contributed by atoms with Crippen LogP contribution in [-0.4, -0.2) is 57.3 Å². The number of aromatic nitrogens is 2. The molecule has 1 saturated heterocycles. The van der Waals surface area contributed by atoms with E-state index in [0.717, 1.165) is 23.8 Å². The topological polar surface area (TPSA) is 158 Å². The van der Waals surface area contributed by atoms with E-state index < -0.39 is 67.8 Å². The number of alkyl halides is 1. The summed E-state index contributed by atoms with van der Waals surface area (Å²) < 4.78 is 51.4. The number of ether oxygens (including phenoxy) is 2. The van der Waals surface area contributed by atoms with Gasteiger partial charge in [-0.15, -0.1) is 0 Å². The zero-order valence-electron chi connectivity index (χ0n) is 20.1. The molecule has 12 nitrogen and oxygen atoms in total. The van der Waals surface area contributed by atoms with Gasteiger partial charge in [0.2, 0.25) is 0 Å². The smallest absolute Gasteiger partial charge is 0.459 e. The Morgan fingerprint density at radius 2 is 1.94 bits per heavy atom. The quantitative estimate of drug-likeness (QED) is 0.305. The summed E-state index contributed by atoms with van der Waals surface area (Å²) in [5.74, 6) is -0.560. The van der Waals surface area contributed by atoms with E-state index in [9.17, 15) is 24.1 Å². The number of carbonyl (C=O) groups is 1. The molecule has 1 fully saturated rings. The maximum atomic E-state index is 15.4. The Morgan fingerprint density at radius 1 is 1.28 bits per heavy atom. The molecule has 2 heterocycles. The molecule has 14 heteroatoms. The molecule has 0 radical (unpaired) electrons. The number of aromatic amines is 1. The molecule has 1 aromatic carbocycles. The average molecular weight is 529 g/mol. The third-order valence-corrected chi connectivity index (χ3v) is 6.90. The van der Waals surface area contributed by atoms with Crippen LogP contribution in [0, 0.1) is 0 Å². The molecule has 1 aliphatic heterocycles. The Balaban J connectivity index is 1.80. The molecule has 198 valence electrons. The third kappa shape index (κ3) is 6.48. The highest BCUT2D eigenvalue weighted by molar-refractivity contribution is 7.52. The zero-order valence-corrected chi connectivity index (χ0v) is 21.0. The first kappa shape index (κ1) is 27.8. The number of rotatable bonds is 10. The normalized spacial score (nSPS) is 26.4. The first-order valence-corrected chi connectivity index (χ1v) is 12.7. The van der Waals surface area contributed by atoms with Gasteiger partial charge in [0.05, 0.1) is 12.7 Å². The predicted molar refractivity (Wildman–Crippen MR) is 125 cm³/mol. The van der Waals surface area contributed by atoms with Crippen molar-refractivity contribution in [3.63, 3.8) is 0 Å². The minimum Gasteiger partial charge on any atom is -0.462 e. The van der Waals surface area contributed by atoms with Crippen LogP contribution in [0.2, 0.25) is 0 Å². The summed E-state index contributed by atoms with van der Waals surface area (Å²) >= 11 is 0. The van der Waals surface area contributed by atoms with Crippen molar-refractivity contribution in [1.29, 1.82) is 0 Å². The molecule has 2 aromatic rings. The lowest BCUT2D eigenvalue weighted by Gasteiger charge is -2.25. The third-order valence-electron chi connectivity index (χ3n) is 5.26. The van der Waals surface area contributed by atoms with Gasteiger partial charge in [-0.25, -0.2) is 13.8 Å². The van der Waals surface area contributed by atoms with Gasteiger partial charge in [0, 0.05) is 12.3 Å². The van der Waals surface area contributed by atoms with Crippen LogP contribution in [0.15, 0.2) is 52.2 Å². The van der Waals surface area contributed by atoms with Gasteiger partial charge in [-0.3, -0.25) is 23.7 Å². The van der Waals surface area contributed by atoms with E-state index >= 15 is 4.39 Å². The number of halogens is 1. The van der Waals surface area contributed by atoms with Crippen molar-refractivity contribution in [3.8, 4) is 5.75 Å². The maximum Gasteiger partial charge on any atom is 0.459 e. The highest BCUT2D eigenvalue weighted by Gasteiger charge is 2.55. The molecule has 3 N–H and O–H groups in total. The molecule has 6 atom stereocenters. The molecule has 0 amide bonds. The average Bonchev–Trinajstić information content (AvgIpc) is 3.01. The van der Waals surface area contributed by atoms with Gasteiger partial charge in [-0.2, -0.15) is 5.09 Å². The van der Waals surface area contributed by atoms with Gasteiger partial charge < -0.3 is 19.1 Å². The van der Waals surface area contributed by atoms with E-state index in [1.54, 1.807) is 32.0 Å². The van der Waals surface area contributed by atoms with Crippen LogP contribution in [0.3, 0.4) is 0 Å². The second-order valence-corrected chi connectivity index (χ2v) is 10.4. The van der Waals surface area contributed by atoms with E-state index in [2.05, 4.69) is 5.09 Å². The number of benzene rings is 1. The van der Waals surface area contributed by atoms with Crippen LogP contribution < -0.4 is 20.9 Å². The molecule has 1 aliphatic rings. The van der Waals surface area contributed by atoms with Crippen molar-refractivity contribution in [2.75, 3.05) is 6.61 Å². The summed E-state index contributed by atoms with van der Waals surface area (Å²) in [6.07, 6.45) is -4.21. The number of carbonyl (C=O) groups excluding carboxylic acids is 1. The highest BCUT2D eigenvalue weighted by atomic mass is 31.2. The number of aliphatic hydroxyl groups is 1. The van der Waals surface area contributed by atoms with Crippen molar-refractivity contribution in [1.82, 2.24) is 14.6 Å². The molecule has 0 bridgehead atoms. The summed E-state index contributed by atoms with van der Waals surface area (Å²) in [4.78, 5) is 37.7. The summed E-state index contributed by atoms with van der Waals surface area (Å²) in [6, 6.07) is 7.86. The monoisotopic (exact) mass is 529 g/mol. The maximum absolute atomic E-state index is 15.4. The standard InChI is InChI=1S/C22H29FN3O9P/c1-13(2)33-19(29)14(3)25-36(31,35-15-8-6-5-7-9-15)32-12-16-18(28)22(4,23)20(34-16)26-11-10-17(27)24-21(26)30/h5-11,13-14,16,18,20,28H,12H2,1-4H3,(H,25,31)(H,24,27,30)/t14?,16-,18-,20?,22-,36?/m1/s1. The zero-order chi connectivity index (χ0) is 26.7. The Bertz CT molecular complexity index is 1220. The summed E-state index contributed by atoms with van der Waals surface area (Å²) in [7, 11) is -4.30. The fourth-order valence-electron chi connectivity index (χ4n) is 3.47. The summed E-state index contributed by atoms with van der Waals surface area (Å²) in [5.41, 5.74) is -4.12. The number of nitrogens with zero attached hydrogens (tertiary/aromatic N) is 1. The van der Waals surface area contributed by atoms with Gasteiger partial charge in [0.25, 0.3) is 5.56 Å². The van der Waals surface area contributed by atoms with Gasteiger partial charge >= 0.3 is 19.4 Å². The van der Waals surface area contributed by atoms with Crippen LogP contribution >= 0.6 is 7.75 Å². The van der Waals surface area contributed by atoms with Crippen molar-refractivity contribution >= 4 is 13.7 Å². The number of para-hydroxylation sites is 1. The van der Waals surface area contributed by atoms with Crippen molar-refractivity contribution < 1.29 is 37.4 Å². The first-order valence-electron chi connectivity index (χ1n) is 11.1. The van der Waals surface area contributed by atoms with E-state index in [1.165, 1.54) is 19.1 Å². The van der Waals surface area contributed by atoms with Crippen LogP contribution in [0.4, 0.5) is 4.39 Å². The SMILES string of the molecule is CC(C)OC(=O)C(C)NP(=O)(OC[C@H]1OC(n2ccc(=O)[nH]c2=O)[C@](C)(F)[C@@H]1O)Oc1ccccc1. The number of esters is 1. The minimum absolute atomic E-state index is 0.152. The fourth-order valence-corrected chi connectivity index (χ4v) is 4.97. The molecular weight excluding hydrogens is 500 g/mol. The van der Waals surface area contributed by atoms with E-state index in [1.807, 2.05) is 4.98 Å². The van der Waals surface area contributed by atoms with Crippen LogP contribution in [0.1, 0.15) is 33.9 Å². The molecular formula is C22H29FN3O9P. The number of nitrogens with one attached hydrogen (secondary N) is 2. The molecule has 1 aromatic heterocycles. The molecule has 0 saturated carbocycles. The van der Waals surface area contributed by atoms with Gasteiger partial charge in [0.15, 0.2) is 11.9 Å². The number of hydrogen-bond donors (Lipinski definition) is 3. The molecule has 3 unspecified atom stereocenters. The minimum atomic E-state index is -4.30. The lowest BCUT2D eigenvalue weighted by Crippen LogP contribution is -2.43. The Morgan fingerprint density at radius 3 is 2.56 bits per heavy atom. The number of hydrogen-bond acceptors (Lipinski definition) is 9. The fraction of sp³-hybridized carbons (Fsp3) is 0.500. The number of aliphatic hydroxyl groups excluding tert-OH is 1. The number of H-pyrrole nitrogens is 1. The summed E-state index contributed by atoms with van der Waals surface area (Å²) in [6.45, 7) is 5.07. The van der Waals surface area contributed by atoms with Crippen LogP contribution in [0.5, 0.6) is 5.75 Å². The Labute approximate surface area is 205 Å². The lowest BCUT2D eigenvalue weighted by molar-refractivity contribution is -0.149. The van der Waals surface area contributed by atoms with Crippen molar-refractivity contribution in [2.45, 2.75) is 63.9 Å². The van der Waals surface area contributed by atoms with Crippen LogP contribution in [-0.2, 0) is 23.4 Å². The molecule has 0 spiro atoms. The van der Waals surface area contributed by atoms with E-state index in [4.69, 9.17) is 18.5 Å². The highest BCUT2D eigenvalue weighted by Crippen LogP contribution is 2.47. The Kier molecular flexibility index (Phi) is 8.52. The van der Waals surface area contributed by atoms with Crippen molar-refractivity contribution in [3.05, 3.63) is 63.4 Å².